The van der Waals surface area contributed by atoms with Crippen molar-refractivity contribution in [3.8, 4) is 0 Å². The Morgan fingerprint density at radius 3 is 1.25 bits per heavy atom. The van der Waals surface area contributed by atoms with Gasteiger partial charge in [-0.15, -0.1) is 0 Å². The molecule has 0 aromatic rings. The van der Waals surface area contributed by atoms with E-state index in [2.05, 4.69) is 11.2 Å². The van der Waals surface area contributed by atoms with Crippen LogP contribution in [0.2, 0.25) is 0 Å². The molecule has 0 rings (SSSR count). The van der Waals surface area contributed by atoms with Crippen molar-refractivity contribution in [2.45, 2.75) is 0 Å². The average Bonchev–Trinajstić information content (AvgIpc) is 0.722. The van der Waals surface area contributed by atoms with Crippen LogP contribution in [0.15, 0.2) is 0 Å². The molecule has 0 fully saturated rings. The summed E-state index contributed by atoms with van der Waals surface area (Å²) in [7, 11) is 0. The number of rotatable bonds is 0. The first-order valence-corrected chi connectivity index (χ1v) is 3.27. The van der Waals surface area contributed by atoms with E-state index in [1.807, 2.05) is 0 Å². The van der Waals surface area contributed by atoms with E-state index in [0.29, 0.717) is 0 Å². The van der Waals surface area contributed by atoms with Gasteiger partial charge in [-0.3, -0.25) is 0 Å². The Morgan fingerprint density at radius 2 is 1.25 bits per heavy atom. The zero-order valence-corrected chi connectivity index (χ0v) is 12.8. The quantitative estimate of drug-likeness (QED) is 0.293. The van der Waals surface area contributed by atoms with Gasteiger partial charge in [0.1, 0.15) is 0 Å². The molecule has 0 bridgehead atoms. The van der Waals surface area contributed by atoms with Crippen molar-refractivity contribution in [1.82, 2.24) is 0 Å². The Morgan fingerprint density at radius 1 is 1.25 bits per heavy atom. The van der Waals surface area contributed by atoms with Gasteiger partial charge >= 0.3 is 95.6 Å². The molecule has 0 unspecified atom stereocenters. The Bertz CT molecular complexity index is 70.0. The maximum absolute atomic E-state index is 9.09. The van der Waals surface area contributed by atoms with Crippen LogP contribution in [0.5, 0.6) is 0 Å². The van der Waals surface area contributed by atoms with Crippen molar-refractivity contribution < 1.29 is 107 Å². The molecule has 8 heavy (non-hydrogen) atoms. The molecular weight excluding hydrogens is 183 g/mol. The van der Waals surface area contributed by atoms with Crippen molar-refractivity contribution in [2.75, 3.05) is 0 Å². The molecule has 0 heterocycles. The van der Waals surface area contributed by atoms with Gasteiger partial charge in [0.25, 0.3) is 0 Å². The molecule has 38 valence electrons. The van der Waals surface area contributed by atoms with Crippen LogP contribution in [0.3, 0.4) is 0 Å². The van der Waals surface area contributed by atoms with Crippen LogP contribution < -0.4 is 88.7 Å². The van der Waals surface area contributed by atoms with E-state index in [-0.39, 0.29) is 93.0 Å². The molecule has 0 aliphatic carbocycles. The molecule has 8 heteroatoms. The fourth-order valence-corrected chi connectivity index (χ4v) is 0. The topological polar surface area (TPSA) is 57.5 Å². The summed E-state index contributed by atoms with van der Waals surface area (Å²) in [6, 6.07) is 0. The minimum Gasteiger partial charge on any atom is -1.00 e. The molecule has 0 saturated carbocycles. The maximum atomic E-state index is 9.09. The predicted molar refractivity (Wildman–Crippen MR) is 21.2 cm³/mol. The molecular formula is H5ClNa3O3P. The van der Waals surface area contributed by atoms with Gasteiger partial charge in [-0.1, -0.05) is 0 Å². The second-order valence-corrected chi connectivity index (χ2v) is 2.74. The molecule has 0 atom stereocenters. The molecule has 0 radical (unpaired) electrons. The van der Waals surface area contributed by atoms with Gasteiger partial charge in [0.2, 0.25) is 0 Å². The van der Waals surface area contributed by atoms with Crippen LogP contribution in [-0.4, -0.2) is 9.79 Å². The van der Waals surface area contributed by atoms with Gasteiger partial charge in [-0.2, -0.15) is 0 Å². The molecule has 0 aliphatic rings. The summed E-state index contributed by atoms with van der Waals surface area (Å²) in [5, 5.41) is 0. The standard InChI is InChI=1S/ClH2O3P.3Na.3H/c1-5(2,3)4;;;;;;/h(H2,2,3,4);;;;;;/q;3*+1;3*-1. The van der Waals surface area contributed by atoms with Crippen molar-refractivity contribution in [2.24, 2.45) is 0 Å². The van der Waals surface area contributed by atoms with Crippen LogP contribution in [0.1, 0.15) is 4.28 Å². The summed E-state index contributed by atoms with van der Waals surface area (Å²) in [4.78, 5) is 14.8. The van der Waals surface area contributed by atoms with Gasteiger partial charge in [0, 0.05) is 11.2 Å². The van der Waals surface area contributed by atoms with E-state index in [1.165, 1.54) is 0 Å². The Hall–Kier alpha value is 3.44. The van der Waals surface area contributed by atoms with E-state index in [4.69, 9.17) is 14.4 Å². The number of hydrogen-bond acceptors (Lipinski definition) is 1. The summed E-state index contributed by atoms with van der Waals surface area (Å²) in [5.41, 5.74) is 0. The van der Waals surface area contributed by atoms with E-state index >= 15 is 0 Å². The van der Waals surface area contributed by atoms with Crippen molar-refractivity contribution in [3.05, 3.63) is 0 Å². The molecule has 0 saturated heterocycles. The Kier molecular flexibility index (Phi) is 29.4. The summed E-state index contributed by atoms with van der Waals surface area (Å²) < 4.78 is 9.09. The van der Waals surface area contributed by atoms with Gasteiger partial charge in [0.05, 0.1) is 0 Å². The fraction of sp³-hybridized carbons (Fsp3) is 0. The van der Waals surface area contributed by atoms with Gasteiger partial charge < -0.3 is 14.1 Å². The van der Waals surface area contributed by atoms with Crippen molar-refractivity contribution >= 4 is 18.2 Å². The first-order chi connectivity index (χ1) is 2.00. The molecule has 0 aliphatic heterocycles. The second kappa shape index (κ2) is 10.4. The second-order valence-electron chi connectivity index (χ2n) is 0.473. The predicted octanol–water partition coefficient (Wildman–Crippen LogP) is -8.33. The average molecular weight is 188 g/mol. The molecule has 0 spiro atoms. The van der Waals surface area contributed by atoms with Crippen LogP contribution in [0.25, 0.3) is 0 Å². The minimum absolute atomic E-state index is 0. The van der Waals surface area contributed by atoms with Crippen molar-refractivity contribution in [3.63, 3.8) is 0 Å². The maximum Gasteiger partial charge on any atom is 1.00 e. The fourth-order valence-electron chi connectivity index (χ4n) is 0. The third kappa shape index (κ3) is 56.8. The van der Waals surface area contributed by atoms with E-state index in [0.717, 1.165) is 0 Å². The largest absolute Gasteiger partial charge is 1.00 e. The van der Waals surface area contributed by atoms with Crippen molar-refractivity contribution in [1.29, 1.82) is 0 Å². The molecule has 0 amide bonds. The zero-order valence-electron chi connectivity index (χ0n) is 8.13. The first kappa shape index (κ1) is 22.5. The third-order valence-corrected chi connectivity index (χ3v) is 0. The van der Waals surface area contributed by atoms with Crippen LogP contribution in [0, 0.1) is 0 Å². The van der Waals surface area contributed by atoms with Gasteiger partial charge in [0.15, 0.2) is 0 Å². The van der Waals surface area contributed by atoms with Gasteiger partial charge in [-0.25, -0.2) is 4.57 Å². The molecule has 0 aromatic heterocycles. The first-order valence-electron chi connectivity index (χ1n) is 0.752. The smallest absolute Gasteiger partial charge is 1.00 e. The third-order valence-electron chi connectivity index (χ3n) is 0. The van der Waals surface area contributed by atoms with Crippen LogP contribution in [0.4, 0.5) is 0 Å². The summed E-state index contributed by atoms with van der Waals surface area (Å²) >= 11 is 4.20. The van der Waals surface area contributed by atoms with Crippen LogP contribution in [-0.2, 0) is 4.57 Å². The van der Waals surface area contributed by atoms with Crippen LogP contribution >= 0.6 is 18.2 Å². The van der Waals surface area contributed by atoms with E-state index < -0.39 is 6.95 Å². The summed E-state index contributed by atoms with van der Waals surface area (Å²) in [6.45, 7) is -4.17. The zero-order chi connectivity index (χ0) is 4.50. The summed E-state index contributed by atoms with van der Waals surface area (Å²) in [5.74, 6) is 0. The van der Waals surface area contributed by atoms with E-state index in [1.54, 1.807) is 0 Å². The van der Waals surface area contributed by atoms with Gasteiger partial charge in [-0.05, 0) is 0 Å². The van der Waals surface area contributed by atoms with E-state index in [9.17, 15) is 0 Å². The number of hydrogen-bond donors (Lipinski definition) is 2. The SMILES string of the molecule is O=P(O)(O)Cl.[H-].[H-].[H-].[Na+].[Na+].[Na+]. The molecule has 3 nitrogen and oxygen atoms in total. The molecule has 2 N–H and O–H groups in total. The Balaban J connectivity index is -0.00000000533. The minimum atomic E-state index is -4.17. The summed E-state index contributed by atoms with van der Waals surface area (Å²) in [6.07, 6.45) is 0. The Labute approximate surface area is 123 Å². The number of halogens is 1. The molecule has 0 aromatic carbocycles. The normalized spacial score (nSPS) is 7.38. The monoisotopic (exact) mass is 188 g/mol.